The first-order chi connectivity index (χ1) is 38.8. The number of benzene rings is 6. The van der Waals surface area contributed by atoms with Crippen LogP contribution in [0.15, 0.2) is 201 Å². The van der Waals surface area contributed by atoms with Crippen molar-refractivity contribution in [3.63, 3.8) is 0 Å². The van der Waals surface area contributed by atoms with Crippen molar-refractivity contribution in [3.8, 4) is 33.9 Å². The van der Waals surface area contributed by atoms with Crippen molar-refractivity contribution in [1.29, 1.82) is 0 Å². The first-order valence-corrected chi connectivity index (χ1v) is 24.0. The molecule has 10 aromatic rings. The van der Waals surface area contributed by atoms with Crippen molar-refractivity contribution in [3.05, 3.63) is 296 Å². The van der Waals surface area contributed by atoms with E-state index in [0.717, 1.165) is 46.5 Å². The monoisotopic (exact) mass is 1840 g/mol. The molecule has 2 aliphatic heterocycles. The summed E-state index contributed by atoms with van der Waals surface area (Å²) in [5.74, 6) is -4.31. The average Bonchev–Trinajstić information content (AvgIpc) is 4.30. The van der Waals surface area contributed by atoms with Gasteiger partial charge in [0.1, 0.15) is 0 Å². The van der Waals surface area contributed by atoms with E-state index in [1.807, 2.05) is 85.3 Å². The van der Waals surface area contributed by atoms with Crippen LogP contribution in [0.1, 0.15) is 15.9 Å². The molecule has 435 valence electrons. The third-order valence-electron chi connectivity index (χ3n) is 11.0. The summed E-state index contributed by atoms with van der Waals surface area (Å²) < 4.78 is 65.3. The normalized spacial score (nSPS) is 11.0. The number of carboxylic acid groups (broad SMARTS) is 1. The maximum Gasteiger partial charge on any atom is 3.00 e. The number of pyridine rings is 3. The van der Waals surface area contributed by atoms with Gasteiger partial charge in [-0.1, -0.05) is 70.9 Å². The number of carboxylic acids is 1. The Morgan fingerprint density at radius 3 is 1.80 bits per heavy atom. The zero-order valence-electron chi connectivity index (χ0n) is 44.3. The number of anilines is 4. The Morgan fingerprint density at radius 1 is 0.607 bits per heavy atom. The maximum absolute atomic E-state index is 13.8. The van der Waals surface area contributed by atoms with E-state index >= 15 is 0 Å². The standard InChI is InChI=1S/C14H12N2.C13H7F2N2.C11H6F2N.C10H9FN2.C8H6N3.C7H5O2.4Ir/c1-15-11-16(12-7-3-2-4-8-12)14-10-6-5-9-13(14)15;1-8-5-6-17-11(7-8)9-3-4-10(14)13(16-2)12(9)15;12-8-4-5-9(10(13)7-8)11-3-1-2-6-14-11;1-12-6-7-13(8-12)10-4-2-9(11)3-5-10;1-2-5-9-7(3-1)8-4-6-10-11-8;8-7(9)6-4-2-1-3-5-6;;;;/h2-7,9-11H,1H3;4-7H,1H3;1-4,6-7H;2-4,6-8H,1H3;1-6H;1-4H,(H,8,9);;;;/q-2;2*-1;-2;2*-1;;;;+3. The van der Waals surface area contributed by atoms with Crippen LogP contribution < -0.4 is 19.8 Å². The fourth-order valence-electron chi connectivity index (χ4n) is 7.15. The van der Waals surface area contributed by atoms with Gasteiger partial charge in [-0.25, -0.2) is 0 Å². The molecule has 2 aliphatic rings. The van der Waals surface area contributed by atoms with Crippen molar-refractivity contribution < 1.29 is 112 Å². The zero-order valence-corrected chi connectivity index (χ0v) is 53.8. The number of fused-ring (bicyclic) bond motifs is 1. The molecule has 6 aromatic carbocycles. The smallest absolute Gasteiger partial charge is 0.574 e. The summed E-state index contributed by atoms with van der Waals surface area (Å²) in [7, 11) is 3.99. The Labute approximate surface area is 538 Å². The molecule has 0 bridgehead atoms. The van der Waals surface area contributed by atoms with E-state index in [2.05, 4.69) is 114 Å². The number of hydrogen-bond acceptors (Lipinski definition) is 9. The Balaban J connectivity index is 0.000000264. The van der Waals surface area contributed by atoms with Crippen LogP contribution in [0, 0.1) is 86.3 Å². The number of carbonyl (C=O) groups is 1. The summed E-state index contributed by atoms with van der Waals surface area (Å²) in [5, 5.41) is 15.9. The quantitative estimate of drug-likeness (QED) is 0.127. The minimum absolute atomic E-state index is 0. The van der Waals surface area contributed by atoms with Gasteiger partial charge in [-0.15, -0.1) is 89.7 Å². The molecule has 12 rings (SSSR count). The van der Waals surface area contributed by atoms with Crippen molar-refractivity contribution in [2.24, 2.45) is 0 Å². The summed E-state index contributed by atoms with van der Waals surface area (Å²) in [6.07, 6.45) is 10.3. The molecular formula is C63H45F5Ir4N10O2-5. The van der Waals surface area contributed by atoms with Crippen LogP contribution in [0.5, 0.6) is 0 Å². The van der Waals surface area contributed by atoms with Crippen LogP contribution in [0.2, 0.25) is 0 Å². The van der Waals surface area contributed by atoms with Crippen LogP contribution in [0.25, 0.3) is 38.7 Å². The second-order valence-corrected chi connectivity index (χ2v) is 16.7. The summed E-state index contributed by atoms with van der Waals surface area (Å²) in [5.41, 5.74) is 7.49. The molecule has 6 heterocycles. The van der Waals surface area contributed by atoms with E-state index in [4.69, 9.17) is 11.7 Å². The minimum atomic E-state index is -0.935. The number of aromatic carboxylic acids is 1. The van der Waals surface area contributed by atoms with Crippen LogP contribution in [0.4, 0.5) is 50.4 Å². The molecule has 21 heteroatoms. The van der Waals surface area contributed by atoms with E-state index in [1.54, 1.807) is 73.2 Å². The first-order valence-electron chi connectivity index (χ1n) is 24.0. The van der Waals surface area contributed by atoms with E-state index in [-0.39, 0.29) is 103 Å². The molecule has 4 aromatic heterocycles. The number of aromatic nitrogens is 5. The Kier molecular flexibility index (Phi) is 30.1. The third-order valence-corrected chi connectivity index (χ3v) is 11.0. The van der Waals surface area contributed by atoms with Crippen LogP contribution in [0.3, 0.4) is 0 Å². The SMILES string of the molecule is CN1C=CN(c2[c-]cc(F)cc2)[CH-]1.CN1[CH-]N(c2[c-]cccc2)c2ccccc21.Fc1c[c-]c(-c2ccccn2)c(F)c1.O=C(O)c1[c-]cccc1.[C-]#[N+]c1c(F)c[c-]c(-c2cc(C)ccn2)c1F.[Ir+3].[Ir].[Ir].[Ir].c1ccc(-c2ccn[n-]2)nc1. The van der Waals surface area contributed by atoms with Gasteiger partial charge in [-0.3, -0.25) is 31.8 Å². The predicted molar refractivity (Wildman–Crippen MR) is 296 cm³/mol. The summed E-state index contributed by atoms with van der Waals surface area (Å²) in [4.78, 5) is 33.1. The predicted octanol–water partition coefficient (Wildman–Crippen LogP) is 14.0. The molecule has 0 unspecified atom stereocenters. The molecule has 12 nitrogen and oxygen atoms in total. The maximum atomic E-state index is 13.8. The topological polar surface area (TPSA) is 120 Å². The van der Waals surface area contributed by atoms with Gasteiger partial charge in [0.25, 0.3) is 0 Å². The van der Waals surface area contributed by atoms with Gasteiger partial charge in [-0.2, -0.15) is 49.7 Å². The Bertz CT molecular complexity index is 3640. The number of hydrogen-bond donors (Lipinski definition) is 1. The van der Waals surface area contributed by atoms with E-state index in [0.29, 0.717) is 11.4 Å². The van der Waals surface area contributed by atoms with E-state index in [1.165, 1.54) is 35.8 Å². The van der Waals surface area contributed by atoms with Crippen molar-refractivity contribution in [1.82, 2.24) is 30.0 Å². The number of aryl methyl sites for hydroxylation is 1. The van der Waals surface area contributed by atoms with Gasteiger partial charge in [0.2, 0.25) is 5.97 Å². The second kappa shape index (κ2) is 36.0. The Hall–Kier alpha value is -7.87. The second-order valence-electron chi connectivity index (χ2n) is 16.7. The average molecular weight is 1840 g/mol. The minimum Gasteiger partial charge on any atom is -0.574 e. The van der Waals surface area contributed by atoms with Gasteiger partial charge >= 0.3 is 20.1 Å². The summed E-state index contributed by atoms with van der Waals surface area (Å²) in [6.45, 7) is 12.5. The summed E-state index contributed by atoms with van der Waals surface area (Å²) >= 11 is 0. The van der Waals surface area contributed by atoms with Crippen LogP contribution >= 0.6 is 0 Å². The van der Waals surface area contributed by atoms with Gasteiger partial charge < -0.3 is 49.7 Å². The molecular weight excluding hydrogens is 1790 g/mol. The molecule has 0 aliphatic carbocycles. The zero-order chi connectivity index (χ0) is 56.8. The number of para-hydroxylation sites is 3. The number of halogens is 5. The largest absolute Gasteiger partial charge is 3.00 e. The van der Waals surface area contributed by atoms with Crippen LogP contribution in [-0.2, 0) is 80.4 Å². The van der Waals surface area contributed by atoms with Crippen LogP contribution in [-0.4, -0.2) is 50.1 Å². The molecule has 84 heavy (non-hydrogen) atoms. The third kappa shape index (κ3) is 20.5. The van der Waals surface area contributed by atoms with Crippen molar-refractivity contribution >= 4 is 34.4 Å². The van der Waals surface area contributed by atoms with Gasteiger partial charge in [-0.05, 0) is 81.2 Å². The fourth-order valence-corrected chi connectivity index (χ4v) is 7.15. The van der Waals surface area contributed by atoms with Gasteiger partial charge in [0.05, 0.1) is 6.57 Å². The van der Waals surface area contributed by atoms with Gasteiger partial charge in [0.15, 0.2) is 5.69 Å². The molecule has 0 saturated heterocycles. The van der Waals surface area contributed by atoms with Gasteiger partial charge in [0, 0.05) is 131 Å². The van der Waals surface area contributed by atoms with Crippen molar-refractivity contribution in [2.75, 3.05) is 28.8 Å². The molecule has 0 amide bonds. The fraction of sp³-hybridized carbons (Fsp3) is 0.0476. The number of nitrogens with zero attached hydrogens (tertiary/aromatic N) is 10. The molecule has 0 saturated carbocycles. The summed E-state index contributed by atoms with van der Waals surface area (Å²) in [6, 6.07) is 59.8. The number of rotatable bonds is 6. The molecule has 3 radical (unpaired) electrons. The van der Waals surface area contributed by atoms with E-state index in [9.17, 15) is 26.7 Å². The molecule has 1 N–H and O–H groups in total. The molecule has 0 spiro atoms. The Morgan fingerprint density at radius 2 is 1.25 bits per heavy atom. The molecule has 0 atom stereocenters. The van der Waals surface area contributed by atoms with E-state index < -0.39 is 34.9 Å². The van der Waals surface area contributed by atoms with Crippen molar-refractivity contribution in [2.45, 2.75) is 6.92 Å². The molecule has 0 fully saturated rings. The first kappa shape index (κ1) is 70.4.